The number of amides is 1. The van der Waals surface area contributed by atoms with Gasteiger partial charge in [0, 0.05) is 38.8 Å². The van der Waals surface area contributed by atoms with E-state index < -0.39 is 0 Å². The largest absolute Gasteiger partial charge is 0.351 e. The SMILES string of the molecule is O=C(CN1CC=C(c2ccccc2)CC1)N[C@H]1CCN(Cc2ccccc2)C1. The number of hydrogen-bond acceptors (Lipinski definition) is 3. The van der Waals surface area contributed by atoms with Crippen LogP contribution in [0.15, 0.2) is 66.7 Å². The predicted octanol–water partition coefficient (Wildman–Crippen LogP) is 3.17. The van der Waals surface area contributed by atoms with Gasteiger partial charge < -0.3 is 5.32 Å². The number of hydrogen-bond donors (Lipinski definition) is 1. The van der Waals surface area contributed by atoms with E-state index in [0.717, 1.165) is 45.6 Å². The van der Waals surface area contributed by atoms with Gasteiger partial charge in [-0.25, -0.2) is 0 Å². The van der Waals surface area contributed by atoms with Gasteiger partial charge in [0.25, 0.3) is 0 Å². The van der Waals surface area contributed by atoms with Gasteiger partial charge in [-0.15, -0.1) is 0 Å². The maximum atomic E-state index is 12.5. The summed E-state index contributed by atoms with van der Waals surface area (Å²) in [5.74, 6) is 0.156. The van der Waals surface area contributed by atoms with E-state index in [4.69, 9.17) is 0 Å². The molecule has 0 unspecified atom stereocenters. The molecular formula is C24H29N3O. The third-order valence-electron chi connectivity index (χ3n) is 5.69. The Hall–Kier alpha value is -2.43. The molecule has 28 heavy (non-hydrogen) atoms. The molecule has 0 bridgehead atoms. The zero-order valence-electron chi connectivity index (χ0n) is 16.4. The summed E-state index contributed by atoms with van der Waals surface area (Å²) >= 11 is 0. The number of likely N-dealkylation sites (tertiary alicyclic amines) is 1. The van der Waals surface area contributed by atoms with Crippen LogP contribution in [0, 0.1) is 0 Å². The summed E-state index contributed by atoms with van der Waals surface area (Å²) in [5, 5.41) is 3.24. The lowest BCUT2D eigenvalue weighted by Crippen LogP contribution is -2.44. The number of carbonyl (C=O) groups is 1. The van der Waals surface area contributed by atoms with E-state index in [1.807, 2.05) is 6.07 Å². The molecule has 4 nitrogen and oxygen atoms in total. The van der Waals surface area contributed by atoms with Gasteiger partial charge in [0.1, 0.15) is 0 Å². The molecule has 2 aliphatic heterocycles. The Labute approximate surface area is 167 Å². The van der Waals surface area contributed by atoms with E-state index in [-0.39, 0.29) is 11.9 Å². The third kappa shape index (κ3) is 5.09. The number of carbonyl (C=O) groups excluding carboxylic acids is 1. The van der Waals surface area contributed by atoms with Gasteiger partial charge in [0.2, 0.25) is 5.91 Å². The minimum absolute atomic E-state index is 0.156. The van der Waals surface area contributed by atoms with E-state index in [1.165, 1.54) is 16.7 Å². The van der Waals surface area contributed by atoms with E-state index in [9.17, 15) is 4.79 Å². The van der Waals surface area contributed by atoms with Crippen LogP contribution >= 0.6 is 0 Å². The zero-order chi connectivity index (χ0) is 19.2. The Morgan fingerprint density at radius 1 is 0.964 bits per heavy atom. The second-order valence-corrected chi connectivity index (χ2v) is 7.85. The third-order valence-corrected chi connectivity index (χ3v) is 5.69. The maximum Gasteiger partial charge on any atom is 0.234 e. The lowest BCUT2D eigenvalue weighted by Gasteiger charge is -2.26. The van der Waals surface area contributed by atoms with Crippen LogP contribution in [0.5, 0.6) is 0 Å². The smallest absolute Gasteiger partial charge is 0.234 e. The number of nitrogens with zero attached hydrogens (tertiary/aromatic N) is 2. The first-order valence-corrected chi connectivity index (χ1v) is 10.3. The van der Waals surface area contributed by atoms with Gasteiger partial charge in [-0.3, -0.25) is 14.6 Å². The van der Waals surface area contributed by atoms with Crippen molar-refractivity contribution in [2.75, 3.05) is 32.7 Å². The highest BCUT2D eigenvalue weighted by Crippen LogP contribution is 2.21. The molecule has 1 saturated heterocycles. The van der Waals surface area contributed by atoms with Gasteiger partial charge in [-0.1, -0.05) is 66.7 Å². The molecule has 1 N–H and O–H groups in total. The highest BCUT2D eigenvalue weighted by atomic mass is 16.2. The van der Waals surface area contributed by atoms with Crippen molar-refractivity contribution in [1.29, 1.82) is 0 Å². The number of nitrogens with one attached hydrogen (secondary N) is 1. The summed E-state index contributed by atoms with van der Waals surface area (Å²) < 4.78 is 0. The molecule has 0 radical (unpaired) electrons. The average Bonchev–Trinajstić information content (AvgIpc) is 3.16. The first kappa shape index (κ1) is 18.9. The summed E-state index contributed by atoms with van der Waals surface area (Å²) in [7, 11) is 0. The van der Waals surface area contributed by atoms with E-state index >= 15 is 0 Å². The minimum Gasteiger partial charge on any atom is -0.351 e. The van der Waals surface area contributed by atoms with Gasteiger partial charge in [-0.05, 0) is 29.5 Å². The van der Waals surface area contributed by atoms with Crippen LogP contribution < -0.4 is 5.32 Å². The quantitative estimate of drug-likeness (QED) is 0.842. The van der Waals surface area contributed by atoms with Crippen LogP contribution in [0.4, 0.5) is 0 Å². The molecule has 2 aromatic carbocycles. The predicted molar refractivity (Wildman–Crippen MR) is 114 cm³/mol. The second kappa shape index (κ2) is 9.18. The van der Waals surface area contributed by atoms with Crippen molar-refractivity contribution in [3.63, 3.8) is 0 Å². The number of rotatable bonds is 6. The summed E-state index contributed by atoms with van der Waals surface area (Å²) in [6.07, 6.45) is 4.31. The van der Waals surface area contributed by atoms with Crippen molar-refractivity contribution in [2.45, 2.75) is 25.4 Å². The summed E-state index contributed by atoms with van der Waals surface area (Å²) in [5.41, 5.74) is 4.03. The molecule has 0 aliphatic carbocycles. The van der Waals surface area contributed by atoms with Gasteiger partial charge in [0.05, 0.1) is 6.54 Å². The molecule has 1 fully saturated rings. The van der Waals surface area contributed by atoms with Gasteiger partial charge in [-0.2, -0.15) is 0 Å². The van der Waals surface area contributed by atoms with Crippen molar-refractivity contribution in [3.8, 4) is 0 Å². The fourth-order valence-corrected chi connectivity index (χ4v) is 4.18. The highest BCUT2D eigenvalue weighted by Gasteiger charge is 2.24. The molecule has 2 aromatic rings. The summed E-state index contributed by atoms with van der Waals surface area (Å²) in [6, 6.07) is 21.4. The normalized spacial score (nSPS) is 20.7. The van der Waals surface area contributed by atoms with Crippen molar-refractivity contribution < 1.29 is 4.79 Å². The van der Waals surface area contributed by atoms with Crippen molar-refractivity contribution in [2.24, 2.45) is 0 Å². The van der Waals surface area contributed by atoms with Crippen molar-refractivity contribution in [3.05, 3.63) is 77.9 Å². The molecule has 2 aliphatic rings. The maximum absolute atomic E-state index is 12.5. The average molecular weight is 376 g/mol. The molecule has 146 valence electrons. The molecule has 0 spiro atoms. The fraction of sp³-hybridized carbons (Fsp3) is 0.375. The van der Waals surface area contributed by atoms with Gasteiger partial charge >= 0.3 is 0 Å². The first-order valence-electron chi connectivity index (χ1n) is 10.3. The van der Waals surface area contributed by atoms with Crippen LogP contribution in [0.2, 0.25) is 0 Å². The Morgan fingerprint density at radius 3 is 2.43 bits per heavy atom. The molecule has 4 heteroatoms. The number of benzene rings is 2. The second-order valence-electron chi connectivity index (χ2n) is 7.85. The van der Waals surface area contributed by atoms with E-state index in [2.05, 4.69) is 75.8 Å². The summed E-state index contributed by atoms with van der Waals surface area (Å²) in [4.78, 5) is 17.2. The monoisotopic (exact) mass is 375 g/mol. The Kier molecular flexibility index (Phi) is 6.20. The first-order chi connectivity index (χ1) is 13.8. The standard InChI is InChI=1S/C24H29N3O/c28-24(19-26-14-11-22(12-15-26)21-9-5-2-6-10-21)25-23-13-16-27(18-23)17-20-7-3-1-4-8-20/h1-11,23H,12-19H2,(H,25,28)/t23-/m0/s1. The molecule has 4 rings (SSSR count). The van der Waals surface area contributed by atoms with Crippen LogP contribution in [-0.2, 0) is 11.3 Å². The van der Waals surface area contributed by atoms with Crippen LogP contribution in [-0.4, -0.2) is 54.5 Å². The topological polar surface area (TPSA) is 35.6 Å². The van der Waals surface area contributed by atoms with Crippen LogP contribution in [0.25, 0.3) is 5.57 Å². The molecule has 2 heterocycles. The van der Waals surface area contributed by atoms with E-state index in [0.29, 0.717) is 6.54 Å². The van der Waals surface area contributed by atoms with Crippen LogP contribution in [0.1, 0.15) is 24.0 Å². The fourth-order valence-electron chi connectivity index (χ4n) is 4.18. The lowest BCUT2D eigenvalue weighted by molar-refractivity contribution is -0.122. The Balaban J connectivity index is 1.21. The van der Waals surface area contributed by atoms with Crippen molar-refractivity contribution >= 4 is 11.5 Å². The zero-order valence-corrected chi connectivity index (χ0v) is 16.4. The summed E-state index contributed by atoms with van der Waals surface area (Å²) in [6.45, 7) is 5.24. The van der Waals surface area contributed by atoms with Crippen LogP contribution in [0.3, 0.4) is 0 Å². The minimum atomic E-state index is 0.156. The lowest BCUT2D eigenvalue weighted by atomic mass is 10.00. The Morgan fingerprint density at radius 2 is 1.71 bits per heavy atom. The molecule has 0 saturated carbocycles. The Bertz CT molecular complexity index is 803. The molecule has 1 amide bonds. The molecular weight excluding hydrogens is 346 g/mol. The van der Waals surface area contributed by atoms with E-state index in [1.54, 1.807) is 0 Å². The molecule has 0 aromatic heterocycles. The van der Waals surface area contributed by atoms with Crippen molar-refractivity contribution in [1.82, 2.24) is 15.1 Å². The van der Waals surface area contributed by atoms with Gasteiger partial charge in [0.15, 0.2) is 0 Å². The highest BCUT2D eigenvalue weighted by molar-refractivity contribution is 5.78. The molecule has 1 atom stereocenters.